The van der Waals surface area contributed by atoms with Crippen molar-refractivity contribution in [2.45, 2.75) is 51.4 Å². The molecule has 0 atom stereocenters. The van der Waals surface area contributed by atoms with Crippen molar-refractivity contribution in [3.05, 3.63) is 60.2 Å². The highest BCUT2D eigenvalue weighted by Gasteiger charge is 2.54. The van der Waals surface area contributed by atoms with Crippen molar-refractivity contribution in [3.63, 3.8) is 0 Å². The number of amides is 1. The molecule has 6 rings (SSSR count). The zero-order chi connectivity index (χ0) is 22.0. The smallest absolute Gasteiger partial charge is 0.232 e. The normalized spacial score (nSPS) is 27.7. The number of ether oxygens (including phenoxy) is 1. The fourth-order valence-corrected chi connectivity index (χ4v) is 6.74. The van der Waals surface area contributed by atoms with Gasteiger partial charge >= 0.3 is 0 Å². The van der Waals surface area contributed by atoms with E-state index in [1.165, 1.54) is 24.8 Å². The first kappa shape index (κ1) is 21.4. The molecule has 4 fully saturated rings. The highest BCUT2D eigenvalue weighted by molar-refractivity contribution is 7.80. The minimum Gasteiger partial charge on any atom is -0.494 e. The van der Waals surface area contributed by atoms with Crippen LogP contribution < -0.4 is 15.4 Å². The van der Waals surface area contributed by atoms with E-state index in [2.05, 4.69) is 34.9 Å². The Balaban J connectivity index is 1.08. The Hall–Kier alpha value is -2.40. The van der Waals surface area contributed by atoms with Crippen molar-refractivity contribution in [2.75, 3.05) is 11.9 Å². The first-order chi connectivity index (χ1) is 15.6. The van der Waals surface area contributed by atoms with Crippen LogP contribution in [0.15, 0.2) is 54.6 Å². The molecule has 0 heterocycles. The summed E-state index contributed by atoms with van der Waals surface area (Å²) in [6.45, 7) is 0.682. The lowest BCUT2D eigenvalue weighted by Crippen LogP contribution is -2.55. The number of rotatable bonds is 7. The van der Waals surface area contributed by atoms with E-state index in [-0.39, 0.29) is 11.3 Å². The van der Waals surface area contributed by atoms with Crippen molar-refractivity contribution in [1.29, 1.82) is 0 Å². The summed E-state index contributed by atoms with van der Waals surface area (Å²) in [4.78, 5) is 13.1. The second kappa shape index (κ2) is 9.22. The van der Waals surface area contributed by atoms with E-state index in [0.29, 0.717) is 11.7 Å². The van der Waals surface area contributed by atoms with Crippen molar-refractivity contribution >= 4 is 28.9 Å². The first-order valence-electron chi connectivity index (χ1n) is 12.0. The van der Waals surface area contributed by atoms with Gasteiger partial charge in [-0.25, -0.2) is 0 Å². The molecule has 4 saturated carbocycles. The molecule has 0 aliphatic heterocycles. The molecule has 4 aliphatic carbocycles. The molecular formula is C27H32N2O2S. The van der Waals surface area contributed by atoms with E-state index >= 15 is 0 Å². The molecule has 4 aliphatic rings. The lowest BCUT2D eigenvalue weighted by atomic mass is 9.49. The Morgan fingerprint density at radius 3 is 2.19 bits per heavy atom. The quantitative estimate of drug-likeness (QED) is 0.420. The van der Waals surface area contributed by atoms with E-state index in [9.17, 15) is 4.79 Å². The van der Waals surface area contributed by atoms with Crippen LogP contribution in [-0.4, -0.2) is 17.6 Å². The number of hydrogen-bond acceptors (Lipinski definition) is 3. The van der Waals surface area contributed by atoms with E-state index < -0.39 is 0 Å². The third-order valence-electron chi connectivity index (χ3n) is 7.58. The molecule has 2 aromatic carbocycles. The molecule has 168 valence electrons. The van der Waals surface area contributed by atoms with Crippen LogP contribution in [0.5, 0.6) is 5.75 Å². The van der Waals surface area contributed by atoms with Crippen LogP contribution in [-0.2, 0) is 11.2 Å². The third kappa shape index (κ3) is 4.83. The molecule has 2 N–H and O–H groups in total. The second-order valence-corrected chi connectivity index (χ2v) is 10.5. The average molecular weight is 449 g/mol. The van der Waals surface area contributed by atoms with Crippen molar-refractivity contribution in [3.8, 4) is 5.75 Å². The lowest BCUT2D eigenvalue weighted by Gasteiger charge is -2.55. The summed E-state index contributed by atoms with van der Waals surface area (Å²) in [5.74, 6) is 3.20. The molecule has 4 nitrogen and oxygen atoms in total. The summed E-state index contributed by atoms with van der Waals surface area (Å²) < 4.78 is 5.86. The fraction of sp³-hybridized carbons (Fsp3) is 0.481. The van der Waals surface area contributed by atoms with E-state index in [1.807, 2.05) is 30.3 Å². The number of benzene rings is 2. The number of hydrogen-bond donors (Lipinski definition) is 2. The van der Waals surface area contributed by atoms with Crippen LogP contribution in [0.2, 0.25) is 0 Å². The van der Waals surface area contributed by atoms with Crippen LogP contribution >= 0.6 is 12.2 Å². The van der Waals surface area contributed by atoms with Gasteiger partial charge in [0, 0.05) is 5.69 Å². The Bertz CT molecular complexity index is 922. The Labute approximate surface area is 196 Å². The van der Waals surface area contributed by atoms with Crippen LogP contribution in [0.4, 0.5) is 5.69 Å². The van der Waals surface area contributed by atoms with Crippen molar-refractivity contribution < 1.29 is 9.53 Å². The number of thiocarbonyl (C=S) groups is 1. The molecule has 0 saturated heterocycles. The summed E-state index contributed by atoms with van der Waals surface area (Å²) in [7, 11) is 0. The van der Waals surface area contributed by atoms with E-state index in [4.69, 9.17) is 17.0 Å². The second-order valence-electron chi connectivity index (χ2n) is 10.1. The summed E-state index contributed by atoms with van der Waals surface area (Å²) in [5.41, 5.74) is 2.01. The minimum absolute atomic E-state index is 0.132. The fourth-order valence-electron chi connectivity index (χ4n) is 6.53. The Morgan fingerprint density at radius 1 is 0.938 bits per heavy atom. The Morgan fingerprint density at radius 2 is 1.56 bits per heavy atom. The van der Waals surface area contributed by atoms with Gasteiger partial charge in [0.25, 0.3) is 0 Å². The summed E-state index contributed by atoms with van der Waals surface area (Å²) in [5, 5.41) is 6.56. The largest absolute Gasteiger partial charge is 0.494 e. The molecule has 5 heteroatoms. The monoisotopic (exact) mass is 448 g/mol. The number of carbonyl (C=O) groups is 1. The van der Waals surface area contributed by atoms with E-state index in [0.717, 1.165) is 61.3 Å². The minimum atomic E-state index is -0.183. The summed E-state index contributed by atoms with van der Waals surface area (Å²) in [6.07, 6.45) is 9.11. The molecule has 1 amide bonds. The van der Waals surface area contributed by atoms with Crippen LogP contribution in [0.1, 0.15) is 50.5 Å². The molecule has 4 bridgehead atoms. The highest BCUT2D eigenvalue weighted by Crippen LogP contribution is 2.60. The standard InChI is InChI=1S/C27H32N2O2S/c30-25(27-16-20-13-21(17-27)15-22(14-20)18-27)29-26(32)28-23-8-10-24(11-9-23)31-12-4-7-19-5-2-1-3-6-19/h1-3,5-6,8-11,20-22H,4,7,12-18H2,(H2,28,29,30,32). The van der Waals surface area contributed by atoms with Crippen LogP contribution in [0.25, 0.3) is 0 Å². The van der Waals surface area contributed by atoms with Gasteiger partial charge in [-0.15, -0.1) is 0 Å². The number of nitrogens with one attached hydrogen (secondary N) is 2. The molecule has 0 aromatic heterocycles. The Kier molecular flexibility index (Phi) is 6.18. The van der Waals surface area contributed by atoms with Gasteiger partial charge < -0.3 is 15.4 Å². The first-order valence-corrected chi connectivity index (χ1v) is 12.4. The third-order valence-corrected chi connectivity index (χ3v) is 7.78. The maximum atomic E-state index is 13.1. The number of anilines is 1. The molecule has 32 heavy (non-hydrogen) atoms. The van der Waals surface area contributed by atoms with Gasteiger partial charge in [-0.1, -0.05) is 30.3 Å². The van der Waals surface area contributed by atoms with E-state index in [1.54, 1.807) is 0 Å². The average Bonchev–Trinajstić information content (AvgIpc) is 2.77. The molecule has 0 radical (unpaired) electrons. The summed E-state index contributed by atoms with van der Waals surface area (Å²) >= 11 is 5.46. The topological polar surface area (TPSA) is 50.4 Å². The molecule has 2 aromatic rings. The SMILES string of the molecule is O=C(NC(=S)Nc1ccc(OCCCc2ccccc2)cc1)C12CC3CC(CC(C3)C1)C2. The highest BCUT2D eigenvalue weighted by atomic mass is 32.1. The molecular weight excluding hydrogens is 416 g/mol. The van der Waals surface area contributed by atoms with Gasteiger partial charge in [0.2, 0.25) is 5.91 Å². The van der Waals surface area contributed by atoms with Gasteiger partial charge in [0.15, 0.2) is 5.11 Å². The van der Waals surface area contributed by atoms with Gasteiger partial charge in [-0.05, 0) is 111 Å². The van der Waals surface area contributed by atoms with Crippen molar-refractivity contribution in [2.24, 2.45) is 23.2 Å². The van der Waals surface area contributed by atoms with Gasteiger partial charge in [-0.2, -0.15) is 0 Å². The van der Waals surface area contributed by atoms with Crippen LogP contribution in [0, 0.1) is 23.2 Å². The number of carbonyl (C=O) groups excluding carboxylic acids is 1. The van der Waals surface area contributed by atoms with Gasteiger partial charge in [0.1, 0.15) is 5.75 Å². The lowest BCUT2D eigenvalue weighted by molar-refractivity contribution is -0.144. The predicted octanol–water partition coefficient (Wildman–Crippen LogP) is 5.73. The van der Waals surface area contributed by atoms with Gasteiger partial charge in [0.05, 0.1) is 12.0 Å². The molecule has 0 spiro atoms. The predicted molar refractivity (Wildman–Crippen MR) is 132 cm³/mol. The number of aryl methyl sites for hydroxylation is 1. The van der Waals surface area contributed by atoms with Gasteiger partial charge in [-0.3, -0.25) is 4.79 Å². The summed E-state index contributed by atoms with van der Waals surface area (Å²) in [6, 6.07) is 18.2. The van der Waals surface area contributed by atoms with Crippen LogP contribution in [0.3, 0.4) is 0 Å². The maximum absolute atomic E-state index is 13.1. The van der Waals surface area contributed by atoms with Crippen molar-refractivity contribution in [1.82, 2.24) is 5.32 Å². The maximum Gasteiger partial charge on any atom is 0.232 e. The molecule has 0 unspecified atom stereocenters. The zero-order valence-corrected chi connectivity index (χ0v) is 19.3. The zero-order valence-electron chi connectivity index (χ0n) is 18.5.